The van der Waals surface area contributed by atoms with Crippen LogP contribution in [0.15, 0.2) is 12.3 Å². The average Bonchev–Trinajstić information content (AvgIpc) is 2.31. The predicted molar refractivity (Wildman–Crippen MR) is 66.5 cm³/mol. The van der Waals surface area contributed by atoms with E-state index < -0.39 is 0 Å². The number of aromatic nitrogens is 1. The van der Waals surface area contributed by atoms with Crippen molar-refractivity contribution in [3.8, 4) is 0 Å². The van der Waals surface area contributed by atoms with Crippen molar-refractivity contribution < 1.29 is 4.39 Å². The summed E-state index contributed by atoms with van der Waals surface area (Å²) in [4.78, 5) is 6.31. The van der Waals surface area contributed by atoms with Gasteiger partial charge in [0.1, 0.15) is 11.6 Å². The van der Waals surface area contributed by atoms with Gasteiger partial charge >= 0.3 is 0 Å². The molecule has 4 heteroatoms. The van der Waals surface area contributed by atoms with Crippen molar-refractivity contribution >= 4 is 17.4 Å². The number of hydrogen-bond donors (Lipinski definition) is 0. The lowest BCUT2D eigenvalue weighted by atomic mass is 10.2. The third-order valence-electron chi connectivity index (χ3n) is 2.79. The number of rotatable bonds is 5. The maximum Gasteiger partial charge on any atom is 0.141 e. The summed E-state index contributed by atoms with van der Waals surface area (Å²) in [5, 5.41) is 0. The van der Waals surface area contributed by atoms with E-state index in [4.69, 9.17) is 11.6 Å². The summed E-state index contributed by atoms with van der Waals surface area (Å²) in [5.74, 6) is 0.750. The molecule has 0 N–H and O–H groups in total. The molecular weight excluding hydrogens is 227 g/mol. The molecule has 0 aliphatic heterocycles. The maximum absolute atomic E-state index is 13.0. The SMILES string of the molecule is CCC(C)N(CC)c1ncc(F)cc1CCl. The second-order valence-corrected chi connectivity index (χ2v) is 4.08. The normalized spacial score (nSPS) is 12.6. The summed E-state index contributed by atoms with van der Waals surface area (Å²) in [6, 6.07) is 1.84. The smallest absolute Gasteiger partial charge is 0.141 e. The van der Waals surface area contributed by atoms with Crippen molar-refractivity contribution in [2.24, 2.45) is 0 Å². The Bertz CT molecular complexity index is 344. The number of pyridine rings is 1. The fraction of sp³-hybridized carbons (Fsp3) is 0.583. The van der Waals surface area contributed by atoms with Gasteiger partial charge in [0.15, 0.2) is 0 Å². The molecule has 0 aromatic carbocycles. The Balaban J connectivity index is 3.08. The Morgan fingerprint density at radius 1 is 1.50 bits per heavy atom. The number of alkyl halides is 1. The first kappa shape index (κ1) is 13.2. The van der Waals surface area contributed by atoms with Crippen molar-refractivity contribution in [3.05, 3.63) is 23.6 Å². The zero-order valence-corrected chi connectivity index (χ0v) is 10.8. The van der Waals surface area contributed by atoms with E-state index in [0.29, 0.717) is 6.04 Å². The molecule has 0 saturated carbocycles. The van der Waals surface area contributed by atoms with Crippen molar-refractivity contribution in [3.63, 3.8) is 0 Å². The van der Waals surface area contributed by atoms with Crippen LogP contribution in [0, 0.1) is 5.82 Å². The topological polar surface area (TPSA) is 16.1 Å². The zero-order chi connectivity index (χ0) is 12.1. The molecular formula is C12H18ClFN2. The highest BCUT2D eigenvalue weighted by atomic mass is 35.5. The molecule has 0 radical (unpaired) electrons. The van der Waals surface area contributed by atoms with Gasteiger partial charge in [0.2, 0.25) is 0 Å². The molecule has 1 heterocycles. The third-order valence-corrected chi connectivity index (χ3v) is 3.08. The van der Waals surface area contributed by atoms with Gasteiger partial charge in [-0.3, -0.25) is 0 Å². The van der Waals surface area contributed by atoms with Crippen LogP contribution in [0.5, 0.6) is 0 Å². The van der Waals surface area contributed by atoms with Gasteiger partial charge in [-0.2, -0.15) is 0 Å². The zero-order valence-electron chi connectivity index (χ0n) is 10.0. The van der Waals surface area contributed by atoms with Crippen molar-refractivity contribution in [1.82, 2.24) is 4.98 Å². The lowest BCUT2D eigenvalue weighted by molar-refractivity contribution is 0.603. The summed E-state index contributed by atoms with van der Waals surface area (Å²) < 4.78 is 13.0. The Kier molecular flexibility index (Phi) is 5.00. The maximum atomic E-state index is 13.0. The number of anilines is 1. The molecule has 16 heavy (non-hydrogen) atoms. The summed E-state index contributed by atoms with van der Waals surface area (Å²) in [5.41, 5.74) is 0.754. The standard InChI is InChI=1S/C12H18ClFN2/c1-4-9(3)16(5-2)12-10(7-13)6-11(14)8-15-12/h6,8-9H,4-5,7H2,1-3H3. The predicted octanol–water partition coefficient (Wildman–Crippen LogP) is 3.58. The highest BCUT2D eigenvalue weighted by molar-refractivity contribution is 6.17. The molecule has 1 aromatic heterocycles. The van der Waals surface area contributed by atoms with Crippen molar-refractivity contribution in [1.29, 1.82) is 0 Å². The first-order valence-corrected chi connectivity index (χ1v) is 6.14. The second kappa shape index (κ2) is 6.04. The first-order chi connectivity index (χ1) is 7.63. The van der Waals surface area contributed by atoms with Gasteiger partial charge in [-0.25, -0.2) is 9.37 Å². The van der Waals surface area contributed by atoms with E-state index in [9.17, 15) is 4.39 Å². The minimum atomic E-state index is -0.334. The van der Waals surface area contributed by atoms with Gasteiger partial charge in [0, 0.05) is 18.2 Å². The van der Waals surface area contributed by atoms with E-state index in [1.165, 1.54) is 12.3 Å². The molecule has 0 aliphatic rings. The molecule has 2 nitrogen and oxygen atoms in total. The monoisotopic (exact) mass is 244 g/mol. The Hall–Kier alpha value is -0.830. The molecule has 1 unspecified atom stereocenters. The lowest BCUT2D eigenvalue weighted by Gasteiger charge is -2.29. The number of halogens is 2. The van der Waals surface area contributed by atoms with Crippen LogP contribution < -0.4 is 4.90 Å². The van der Waals surface area contributed by atoms with Gasteiger partial charge in [-0.1, -0.05) is 6.92 Å². The van der Waals surface area contributed by atoms with E-state index in [-0.39, 0.29) is 11.7 Å². The van der Waals surface area contributed by atoms with E-state index in [0.717, 1.165) is 24.3 Å². The largest absolute Gasteiger partial charge is 0.354 e. The average molecular weight is 245 g/mol. The quantitative estimate of drug-likeness (QED) is 0.736. The molecule has 0 aliphatic carbocycles. The van der Waals surface area contributed by atoms with E-state index in [1.807, 2.05) is 0 Å². The van der Waals surface area contributed by atoms with Gasteiger partial charge < -0.3 is 4.90 Å². The van der Waals surface area contributed by atoms with Gasteiger partial charge in [-0.05, 0) is 26.3 Å². The molecule has 1 aromatic rings. The Morgan fingerprint density at radius 2 is 2.19 bits per heavy atom. The summed E-state index contributed by atoms with van der Waals surface area (Å²) in [7, 11) is 0. The van der Waals surface area contributed by atoms with E-state index in [2.05, 4.69) is 30.7 Å². The van der Waals surface area contributed by atoms with Crippen molar-refractivity contribution in [2.75, 3.05) is 11.4 Å². The molecule has 0 bridgehead atoms. The van der Waals surface area contributed by atoms with Crippen LogP contribution in [0.1, 0.15) is 32.8 Å². The number of hydrogen-bond acceptors (Lipinski definition) is 2. The summed E-state index contributed by atoms with van der Waals surface area (Å²) in [6.07, 6.45) is 2.27. The van der Waals surface area contributed by atoms with Gasteiger partial charge in [0.25, 0.3) is 0 Å². The molecule has 1 atom stereocenters. The fourth-order valence-electron chi connectivity index (χ4n) is 1.72. The molecule has 0 saturated heterocycles. The molecule has 0 spiro atoms. The number of nitrogens with zero attached hydrogens (tertiary/aromatic N) is 2. The third kappa shape index (κ3) is 2.85. The van der Waals surface area contributed by atoms with Crippen LogP contribution >= 0.6 is 11.6 Å². The van der Waals surface area contributed by atoms with Gasteiger partial charge in [-0.15, -0.1) is 11.6 Å². The Labute approximate surface area is 101 Å². The van der Waals surface area contributed by atoms with E-state index in [1.54, 1.807) is 0 Å². The second-order valence-electron chi connectivity index (χ2n) is 3.81. The highest BCUT2D eigenvalue weighted by Gasteiger charge is 2.16. The summed E-state index contributed by atoms with van der Waals surface area (Å²) >= 11 is 5.82. The molecule has 1 rings (SSSR count). The fourth-order valence-corrected chi connectivity index (χ4v) is 1.92. The van der Waals surface area contributed by atoms with E-state index >= 15 is 0 Å². The minimum Gasteiger partial charge on any atom is -0.354 e. The van der Waals surface area contributed by atoms with Crippen LogP contribution in [-0.4, -0.2) is 17.6 Å². The van der Waals surface area contributed by atoms with Crippen LogP contribution in [0.4, 0.5) is 10.2 Å². The van der Waals surface area contributed by atoms with Crippen LogP contribution in [0.2, 0.25) is 0 Å². The van der Waals surface area contributed by atoms with Crippen LogP contribution in [0.25, 0.3) is 0 Å². The molecule has 90 valence electrons. The van der Waals surface area contributed by atoms with Crippen LogP contribution in [-0.2, 0) is 5.88 Å². The minimum absolute atomic E-state index is 0.285. The highest BCUT2D eigenvalue weighted by Crippen LogP contribution is 2.23. The van der Waals surface area contributed by atoms with Crippen molar-refractivity contribution in [2.45, 2.75) is 39.1 Å². The first-order valence-electron chi connectivity index (χ1n) is 5.61. The lowest BCUT2D eigenvalue weighted by Crippen LogP contribution is -2.33. The molecule has 0 amide bonds. The summed E-state index contributed by atoms with van der Waals surface area (Å²) in [6.45, 7) is 7.16. The Morgan fingerprint density at radius 3 is 2.69 bits per heavy atom. The van der Waals surface area contributed by atoms with Crippen LogP contribution in [0.3, 0.4) is 0 Å². The van der Waals surface area contributed by atoms with Gasteiger partial charge in [0.05, 0.1) is 12.1 Å². The molecule has 0 fully saturated rings.